The van der Waals surface area contributed by atoms with Gasteiger partial charge in [-0.15, -0.1) is 0 Å². The van der Waals surface area contributed by atoms with Crippen molar-refractivity contribution in [1.82, 2.24) is 0 Å². The van der Waals surface area contributed by atoms with Crippen LogP contribution in [0, 0.1) is 0 Å². The van der Waals surface area contributed by atoms with Crippen LogP contribution in [0.15, 0.2) is 60.7 Å². The maximum atomic E-state index is 12.5. The Labute approximate surface area is 137 Å². The number of carboxylic acid groups (broad SMARTS) is 1. The van der Waals surface area contributed by atoms with Crippen LogP contribution < -0.4 is 5.32 Å². The molecule has 0 spiro atoms. The third kappa shape index (κ3) is 2.89. The van der Waals surface area contributed by atoms with E-state index in [0.29, 0.717) is 5.69 Å². The number of carbonyl (C=O) groups is 2. The number of fused-ring (bicyclic) bond motifs is 1. The van der Waals surface area contributed by atoms with E-state index < -0.39 is 11.9 Å². The molecule has 0 atom stereocenters. The summed E-state index contributed by atoms with van der Waals surface area (Å²) < 4.78 is 0. The van der Waals surface area contributed by atoms with Crippen molar-refractivity contribution >= 4 is 39.9 Å². The van der Waals surface area contributed by atoms with Crippen LogP contribution in [0.25, 0.3) is 10.8 Å². The predicted molar refractivity (Wildman–Crippen MR) is 90.3 cm³/mol. The van der Waals surface area contributed by atoms with Crippen LogP contribution in [0.1, 0.15) is 20.7 Å². The molecule has 114 valence electrons. The first kappa shape index (κ1) is 15.1. The van der Waals surface area contributed by atoms with Crippen LogP contribution in [0.3, 0.4) is 0 Å². The fraction of sp³-hybridized carbons (Fsp3) is 0. The molecule has 0 heterocycles. The highest BCUT2D eigenvalue weighted by molar-refractivity contribution is 6.35. The zero-order valence-corrected chi connectivity index (χ0v) is 12.7. The van der Waals surface area contributed by atoms with Gasteiger partial charge in [-0.25, -0.2) is 4.79 Å². The lowest BCUT2D eigenvalue weighted by Gasteiger charge is -2.11. The number of hydrogen-bond donors (Lipinski definition) is 2. The molecule has 0 aliphatic carbocycles. The summed E-state index contributed by atoms with van der Waals surface area (Å²) in [7, 11) is 0. The van der Waals surface area contributed by atoms with Crippen LogP contribution in [0.4, 0.5) is 5.69 Å². The van der Waals surface area contributed by atoms with Crippen LogP contribution in [0.2, 0.25) is 5.02 Å². The molecule has 5 heteroatoms. The number of aromatic carboxylic acids is 1. The number of benzene rings is 3. The lowest BCUT2D eigenvalue weighted by molar-refractivity contribution is 0.0692. The topological polar surface area (TPSA) is 66.4 Å². The van der Waals surface area contributed by atoms with Crippen molar-refractivity contribution in [2.75, 3.05) is 5.32 Å². The van der Waals surface area contributed by atoms with E-state index in [9.17, 15) is 14.7 Å². The largest absolute Gasteiger partial charge is 0.478 e. The lowest BCUT2D eigenvalue weighted by atomic mass is 10.1. The first-order valence-electron chi connectivity index (χ1n) is 6.89. The molecule has 0 aromatic heterocycles. The molecule has 4 nitrogen and oxygen atoms in total. The minimum Gasteiger partial charge on any atom is -0.478 e. The van der Waals surface area contributed by atoms with E-state index in [0.717, 1.165) is 10.8 Å². The number of hydrogen-bond acceptors (Lipinski definition) is 2. The van der Waals surface area contributed by atoms with Gasteiger partial charge in [-0.1, -0.05) is 54.1 Å². The van der Waals surface area contributed by atoms with E-state index in [4.69, 9.17) is 11.6 Å². The van der Waals surface area contributed by atoms with Crippen LogP contribution in [-0.4, -0.2) is 17.0 Å². The normalized spacial score (nSPS) is 10.5. The van der Waals surface area contributed by atoms with E-state index in [2.05, 4.69) is 5.32 Å². The molecule has 0 radical (unpaired) electrons. The van der Waals surface area contributed by atoms with Gasteiger partial charge in [0.1, 0.15) is 0 Å². The third-order valence-corrected chi connectivity index (χ3v) is 3.82. The van der Waals surface area contributed by atoms with E-state index in [-0.39, 0.29) is 16.1 Å². The van der Waals surface area contributed by atoms with Crippen molar-refractivity contribution in [1.29, 1.82) is 0 Å². The first-order valence-corrected chi connectivity index (χ1v) is 7.26. The number of carboxylic acids is 1. The lowest BCUT2D eigenvalue weighted by Crippen LogP contribution is -2.17. The standard InChI is InChI=1S/C18H12ClNO3/c19-14-9-4-8-13(18(22)23)16(14)17(21)20-15-10-3-6-11-5-1-2-7-12(11)15/h1-10H,(H,20,21)(H,22,23). The molecule has 3 rings (SSSR count). The second kappa shape index (κ2) is 6.10. The quantitative estimate of drug-likeness (QED) is 0.748. The molecule has 0 fully saturated rings. The molecule has 3 aromatic rings. The van der Waals surface area contributed by atoms with Crippen molar-refractivity contribution in [3.63, 3.8) is 0 Å². The average Bonchev–Trinajstić information content (AvgIpc) is 2.54. The summed E-state index contributed by atoms with van der Waals surface area (Å²) in [6.45, 7) is 0. The molecule has 2 N–H and O–H groups in total. The van der Waals surface area contributed by atoms with E-state index >= 15 is 0 Å². The number of rotatable bonds is 3. The Morgan fingerprint density at radius 2 is 1.61 bits per heavy atom. The minimum absolute atomic E-state index is 0.0467. The van der Waals surface area contributed by atoms with Gasteiger partial charge in [0, 0.05) is 11.1 Å². The Balaban J connectivity index is 2.04. The molecule has 0 unspecified atom stereocenters. The van der Waals surface area contributed by atoms with Crippen molar-refractivity contribution in [3.05, 3.63) is 76.8 Å². The van der Waals surface area contributed by atoms with E-state index in [1.165, 1.54) is 18.2 Å². The highest BCUT2D eigenvalue weighted by Crippen LogP contribution is 2.26. The van der Waals surface area contributed by atoms with Crippen molar-refractivity contribution in [3.8, 4) is 0 Å². The van der Waals surface area contributed by atoms with E-state index in [1.54, 1.807) is 6.07 Å². The van der Waals surface area contributed by atoms with Gasteiger partial charge in [0.2, 0.25) is 0 Å². The molecular weight excluding hydrogens is 314 g/mol. The second-order valence-electron chi connectivity index (χ2n) is 4.95. The number of anilines is 1. The van der Waals surface area contributed by atoms with Gasteiger partial charge in [0.25, 0.3) is 5.91 Å². The third-order valence-electron chi connectivity index (χ3n) is 3.51. The summed E-state index contributed by atoms with van der Waals surface area (Å²) in [6.07, 6.45) is 0. The minimum atomic E-state index is -1.20. The van der Waals surface area contributed by atoms with Gasteiger partial charge in [-0.2, -0.15) is 0 Å². The summed E-state index contributed by atoms with van der Waals surface area (Å²) in [5, 5.41) is 13.9. The molecule has 1 amide bonds. The second-order valence-corrected chi connectivity index (χ2v) is 5.36. The summed E-state index contributed by atoms with van der Waals surface area (Å²) in [5.74, 6) is -1.75. The molecule has 0 aliphatic heterocycles. The van der Waals surface area contributed by atoms with Gasteiger partial charge in [0.05, 0.1) is 16.1 Å². The summed E-state index contributed by atoms with van der Waals surface area (Å²) in [5.41, 5.74) is 0.425. The number of halogens is 1. The summed E-state index contributed by atoms with van der Waals surface area (Å²) >= 11 is 6.03. The van der Waals surface area contributed by atoms with Gasteiger partial charge in [-0.3, -0.25) is 4.79 Å². The van der Waals surface area contributed by atoms with Gasteiger partial charge in [-0.05, 0) is 23.6 Å². The molecule has 0 saturated heterocycles. The molecule has 0 bridgehead atoms. The highest BCUT2D eigenvalue weighted by atomic mass is 35.5. The Kier molecular flexibility index (Phi) is 4.00. The maximum Gasteiger partial charge on any atom is 0.336 e. The first-order chi connectivity index (χ1) is 11.1. The van der Waals surface area contributed by atoms with E-state index in [1.807, 2.05) is 36.4 Å². The van der Waals surface area contributed by atoms with Crippen molar-refractivity contribution in [2.24, 2.45) is 0 Å². The molecule has 0 saturated carbocycles. The molecule has 0 aliphatic rings. The Bertz CT molecular complexity index is 916. The number of amides is 1. The Morgan fingerprint density at radius 3 is 2.39 bits per heavy atom. The van der Waals surface area contributed by atoms with Gasteiger partial charge >= 0.3 is 5.97 Å². The molecular formula is C18H12ClNO3. The summed E-state index contributed by atoms with van der Waals surface area (Å²) in [6, 6.07) is 17.5. The number of carbonyl (C=O) groups excluding carboxylic acids is 1. The van der Waals surface area contributed by atoms with Crippen LogP contribution in [-0.2, 0) is 0 Å². The van der Waals surface area contributed by atoms with Crippen LogP contribution >= 0.6 is 11.6 Å². The molecule has 23 heavy (non-hydrogen) atoms. The maximum absolute atomic E-state index is 12.5. The zero-order chi connectivity index (χ0) is 16.4. The highest BCUT2D eigenvalue weighted by Gasteiger charge is 2.20. The Hall–Kier alpha value is -2.85. The predicted octanol–water partition coefficient (Wildman–Crippen LogP) is 4.44. The van der Waals surface area contributed by atoms with Gasteiger partial charge < -0.3 is 10.4 Å². The van der Waals surface area contributed by atoms with Crippen LogP contribution in [0.5, 0.6) is 0 Å². The average molecular weight is 326 g/mol. The smallest absolute Gasteiger partial charge is 0.336 e. The Morgan fingerprint density at radius 1 is 0.913 bits per heavy atom. The summed E-state index contributed by atoms with van der Waals surface area (Å²) in [4.78, 5) is 23.8. The monoisotopic (exact) mass is 325 g/mol. The van der Waals surface area contributed by atoms with Gasteiger partial charge in [0.15, 0.2) is 0 Å². The zero-order valence-electron chi connectivity index (χ0n) is 11.9. The SMILES string of the molecule is O=C(O)c1cccc(Cl)c1C(=O)Nc1cccc2ccccc12. The number of nitrogens with one attached hydrogen (secondary N) is 1. The van der Waals surface area contributed by atoms with Crippen molar-refractivity contribution in [2.45, 2.75) is 0 Å². The molecule has 3 aromatic carbocycles. The fourth-order valence-corrected chi connectivity index (χ4v) is 2.71. The fourth-order valence-electron chi connectivity index (χ4n) is 2.45. The van der Waals surface area contributed by atoms with Crippen molar-refractivity contribution < 1.29 is 14.7 Å².